The number of benzene rings is 3. The molecule has 2 heterocycles. The first-order chi connectivity index (χ1) is 23.2. The van der Waals surface area contributed by atoms with Gasteiger partial charge < -0.3 is 19.3 Å². The average Bonchev–Trinajstić information content (AvgIpc) is 3.07. The summed E-state index contributed by atoms with van der Waals surface area (Å²) in [7, 11) is 0. The summed E-state index contributed by atoms with van der Waals surface area (Å²) in [5.41, 5.74) is 4.33. The Morgan fingerprint density at radius 1 is 0.646 bits per heavy atom. The Bertz CT molecular complexity index is 1870. The Hall–Kier alpha value is -4.63. The second kappa shape index (κ2) is 18.1. The van der Waals surface area contributed by atoms with E-state index in [-0.39, 0.29) is 17.1 Å². The quantitative estimate of drug-likeness (QED) is 0.136. The minimum Gasteiger partial charge on any atom is -0.508 e. The number of phenols is 1. The summed E-state index contributed by atoms with van der Waals surface area (Å²) >= 11 is 18.3. The number of carbonyl (C=O) groups is 2. The maximum Gasteiger partial charge on any atom is 0.356 e. The van der Waals surface area contributed by atoms with Crippen LogP contribution in [-0.4, -0.2) is 40.2 Å². The molecule has 0 radical (unpaired) electrons. The molecule has 11 heteroatoms. The highest BCUT2D eigenvalue weighted by molar-refractivity contribution is 6.31. The average molecular weight is 708 g/mol. The van der Waals surface area contributed by atoms with Crippen LogP contribution in [0.25, 0.3) is 0 Å². The molecule has 0 aliphatic carbocycles. The zero-order valence-corrected chi connectivity index (χ0v) is 28.6. The van der Waals surface area contributed by atoms with Crippen molar-refractivity contribution in [2.24, 2.45) is 0 Å². The first-order valence-electron chi connectivity index (χ1n) is 15.0. The molecule has 0 atom stereocenters. The Labute approximate surface area is 294 Å². The third-order valence-corrected chi connectivity index (χ3v) is 7.57. The number of aromatic nitrogens is 2. The first kappa shape index (κ1) is 36.2. The van der Waals surface area contributed by atoms with Gasteiger partial charge in [0.15, 0.2) is 0 Å². The minimum absolute atomic E-state index is 0.151. The van der Waals surface area contributed by atoms with Gasteiger partial charge in [-0.15, -0.1) is 0 Å². The van der Waals surface area contributed by atoms with E-state index in [1.54, 1.807) is 62.4 Å². The van der Waals surface area contributed by atoms with E-state index in [0.29, 0.717) is 64.7 Å². The van der Waals surface area contributed by atoms with Crippen molar-refractivity contribution in [1.82, 2.24) is 9.97 Å². The smallest absolute Gasteiger partial charge is 0.356 e. The summed E-state index contributed by atoms with van der Waals surface area (Å²) in [4.78, 5) is 32.2. The van der Waals surface area contributed by atoms with E-state index < -0.39 is 11.9 Å². The maximum absolute atomic E-state index is 11.9. The molecule has 0 saturated carbocycles. The molecule has 0 aliphatic rings. The van der Waals surface area contributed by atoms with Crippen molar-refractivity contribution >= 4 is 46.7 Å². The Morgan fingerprint density at radius 3 is 1.77 bits per heavy atom. The molecule has 0 fully saturated rings. The van der Waals surface area contributed by atoms with Crippen molar-refractivity contribution in [3.8, 4) is 11.5 Å². The molecule has 0 aliphatic heterocycles. The van der Waals surface area contributed by atoms with Crippen molar-refractivity contribution in [1.29, 1.82) is 0 Å². The maximum atomic E-state index is 11.9. The molecule has 0 bridgehead atoms. The lowest BCUT2D eigenvalue weighted by molar-refractivity contribution is 0.0510. The number of hydrogen-bond acceptors (Lipinski definition) is 8. The van der Waals surface area contributed by atoms with Gasteiger partial charge in [0.1, 0.15) is 29.5 Å². The highest BCUT2D eigenvalue weighted by Crippen LogP contribution is 2.27. The number of ether oxygens (including phenoxy) is 3. The number of halogens is 3. The number of aromatic hydroxyl groups is 1. The van der Waals surface area contributed by atoms with Crippen molar-refractivity contribution in [2.75, 3.05) is 13.2 Å². The predicted molar refractivity (Wildman–Crippen MR) is 186 cm³/mol. The Kier molecular flexibility index (Phi) is 13.6. The molecular weight excluding hydrogens is 675 g/mol. The van der Waals surface area contributed by atoms with Gasteiger partial charge in [0.25, 0.3) is 0 Å². The van der Waals surface area contributed by atoms with Crippen molar-refractivity contribution < 1.29 is 28.9 Å². The van der Waals surface area contributed by atoms with Gasteiger partial charge in [-0.2, -0.15) is 0 Å². The third kappa shape index (κ3) is 10.7. The largest absolute Gasteiger partial charge is 0.508 e. The van der Waals surface area contributed by atoms with Gasteiger partial charge in [-0.3, -0.25) is 0 Å². The molecule has 0 saturated heterocycles. The van der Waals surface area contributed by atoms with Crippen LogP contribution in [0.5, 0.6) is 11.5 Å². The zero-order chi connectivity index (χ0) is 34.5. The van der Waals surface area contributed by atoms with E-state index in [0.717, 1.165) is 16.8 Å². The van der Waals surface area contributed by atoms with Crippen LogP contribution in [0, 0.1) is 0 Å². The molecular formula is C37H33Cl3N2O6. The number of rotatable bonds is 11. The summed E-state index contributed by atoms with van der Waals surface area (Å²) in [6.45, 7) is 4.45. The summed E-state index contributed by atoms with van der Waals surface area (Å²) < 4.78 is 15.9. The number of nitrogens with zero attached hydrogens (tertiary/aromatic N) is 2. The molecule has 0 amide bonds. The lowest BCUT2D eigenvalue weighted by Crippen LogP contribution is -2.08. The molecule has 5 rings (SSSR count). The van der Waals surface area contributed by atoms with Crippen LogP contribution in [0.1, 0.15) is 62.9 Å². The fourth-order valence-corrected chi connectivity index (χ4v) is 5.06. The normalized spacial score (nSPS) is 10.4. The van der Waals surface area contributed by atoms with Crippen LogP contribution < -0.4 is 4.74 Å². The zero-order valence-electron chi connectivity index (χ0n) is 26.3. The number of phenolic OH excluding ortho intramolecular Hbond substituents is 1. The van der Waals surface area contributed by atoms with Gasteiger partial charge in [0.05, 0.1) is 13.2 Å². The van der Waals surface area contributed by atoms with Crippen LogP contribution in [0.3, 0.4) is 0 Å². The minimum atomic E-state index is -0.454. The van der Waals surface area contributed by atoms with Gasteiger partial charge in [-0.1, -0.05) is 65.1 Å². The lowest BCUT2D eigenvalue weighted by atomic mass is 10.1. The SMILES string of the molecule is CCOC(=O)c1cccc(Cc2cc(Cl)ccc2O)n1.CCOC(=O)c1cccc(Cc2cc(Cl)ccc2OCc2ccccc2Cl)n1. The monoisotopic (exact) mass is 706 g/mol. The van der Waals surface area contributed by atoms with Gasteiger partial charge in [0, 0.05) is 56.0 Å². The van der Waals surface area contributed by atoms with Crippen LogP contribution in [0.2, 0.25) is 15.1 Å². The number of hydrogen-bond donors (Lipinski definition) is 1. The van der Waals surface area contributed by atoms with Crippen molar-refractivity contribution in [3.05, 3.63) is 152 Å². The van der Waals surface area contributed by atoms with Crippen LogP contribution in [0.15, 0.2) is 97.1 Å². The molecule has 8 nitrogen and oxygen atoms in total. The van der Waals surface area contributed by atoms with Gasteiger partial charge in [-0.05, 0) is 80.6 Å². The third-order valence-electron chi connectivity index (χ3n) is 6.73. The highest BCUT2D eigenvalue weighted by Gasteiger charge is 2.13. The highest BCUT2D eigenvalue weighted by atomic mass is 35.5. The lowest BCUT2D eigenvalue weighted by Gasteiger charge is -2.13. The van der Waals surface area contributed by atoms with E-state index in [9.17, 15) is 14.7 Å². The second-order valence-corrected chi connectivity index (χ2v) is 11.5. The van der Waals surface area contributed by atoms with Crippen molar-refractivity contribution in [3.63, 3.8) is 0 Å². The van der Waals surface area contributed by atoms with Crippen LogP contribution in [0.4, 0.5) is 0 Å². The molecule has 1 N–H and O–H groups in total. The van der Waals surface area contributed by atoms with E-state index >= 15 is 0 Å². The Morgan fingerprint density at radius 2 is 1.19 bits per heavy atom. The number of carbonyl (C=O) groups excluding carboxylic acids is 2. The van der Waals surface area contributed by atoms with E-state index in [2.05, 4.69) is 9.97 Å². The van der Waals surface area contributed by atoms with Gasteiger partial charge >= 0.3 is 11.9 Å². The topological polar surface area (TPSA) is 108 Å². The van der Waals surface area contributed by atoms with E-state index in [4.69, 9.17) is 49.0 Å². The van der Waals surface area contributed by atoms with Crippen LogP contribution in [-0.2, 0) is 28.9 Å². The molecule has 48 heavy (non-hydrogen) atoms. The van der Waals surface area contributed by atoms with Crippen LogP contribution >= 0.6 is 34.8 Å². The number of pyridine rings is 2. The molecule has 0 unspecified atom stereocenters. The molecule has 3 aromatic carbocycles. The van der Waals surface area contributed by atoms with Crippen molar-refractivity contribution in [2.45, 2.75) is 33.3 Å². The standard InChI is InChI=1S/C22H19Cl2NO3.C15H14ClNO3/c1-2-27-22(26)20-9-5-7-18(25-20)13-16-12-17(23)10-11-21(16)28-14-15-6-3-4-8-19(15)24;1-2-20-15(19)13-5-3-4-12(17-13)9-10-8-11(16)6-7-14(10)18/h3-12H,2,13-14H2,1H3;3-8,18H,2,9H2,1H3. The summed E-state index contributed by atoms with van der Waals surface area (Å²) in [6, 6.07) is 28.2. The Balaban J connectivity index is 0.000000229. The predicted octanol–water partition coefficient (Wildman–Crippen LogP) is 8.94. The molecule has 2 aromatic heterocycles. The molecule has 5 aromatic rings. The summed E-state index contributed by atoms with van der Waals surface area (Å²) in [5.74, 6) is -0.0549. The first-order valence-corrected chi connectivity index (χ1v) is 16.2. The van der Waals surface area contributed by atoms with Gasteiger partial charge in [-0.25, -0.2) is 19.6 Å². The molecule has 0 spiro atoms. The van der Waals surface area contributed by atoms with E-state index in [1.165, 1.54) is 6.07 Å². The number of esters is 2. The molecule has 248 valence electrons. The summed E-state index contributed by atoms with van der Waals surface area (Å²) in [5, 5.41) is 11.6. The fraction of sp³-hybridized carbons (Fsp3) is 0.189. The fourth-order valence-electron chi connectivity index (χ4n) is 4.48. The second-order valence-electron chi connectivity index (χ2n) is 10.2. The van der Waals surface area contributed by atoms with Gasteiger partial charge in [0.2, 0.25) is 0 Å². The van der Waals surface area contributed by atoms with E-state index in [1.807, 2.05) is 42.5 Å². The summed E-state index contributed by atoms with van der Waals surface area (Å²) in [6.07, 6.45) is 0.852.